The van der Waals surface area contributed by atoms with Crippen LogP contribution in [0.4, 0.5) is 17.1 Å². The summed E-state index contributed by atoms with van der Waals surface area (Å²) in [5.41, 5.74) is 12.2. The van der Waals surface area contributed by atoms with Gasteiger partial charge in [0.2, 0.25) is 0 Å². The molecule has 0 saturated carbocycles. The van der Waals surface area contributed by atoms with Crippen LogP contribution in [0.25, 0.3) is 0 Å². The summed E-state index contributed by atoms with van der Waals surface area (Å²) in [7, 11) is 0. The number of anilines is 3. The minimum absolute atomic E-state index is 0.363. The summed E-state index contributed by atoms with van der Waals surface area (Å²) < 4.78 is 10.3. The van der Waals surface area contributed by atoms with Gasteiger partial charge in [-0.1, -0.05) is 37.4 Å². The molecule has 210 valence electrons. The van der Waals surface area contributed by atoms with E-state index in [0.29, 0.717) is 13.2 Å². The lowest BCUT2D eigenvalue weighted by Crippen LogP contribution is -2.15. The molecule has 0 heterocycles. The lowest BCUT2D eigenvalue weighted by Gasteiger charge is -2.31. The number of nitrogens with zero attached hydrogens (tertiary/aromatic N) is 1. The van der Waals surface area contributed by atoms with E-state index < -0.39 is 5.97 Å². The van der Waals surface area contributed by atoms with E-state index in [1.54, 1.807) is 0 Å². The zero-order valence-electron chi connectivity index (χ0n) is 24.5. The molecule has 5 heteroatoms. The Morgan fingerprint density at radius 1 is 0.675 bits per heavy atom. The number of ether oxygens (including phenoxy) is 2. The summed E-state index contributed by atoms with van der Waals surface area (Å²) in [5, 5.41) is 0. The maximum atomic E-state index is 11.4. The van der Waals surface area contributed by atoms with Gasteiger partial charge in [0.15, 0.2) is 0 Å². The lowest BCUT2D eigenvalue weighted by molar-refractivity contribution is -0.138. The number of carbonyl (C=O) groups excluding carboxylic acids is 2. The maximum absolute atomic E-state index is 11.4. The molecular formula is C35H41NO4. The SMILES string of the molecule is C=CC(=O)OCCCc1ccc(N(c2cccc(CCCOC(=O)C=C)c2)c2c(C)c(C)c(C)c(C)c2C)cc1. The summed E-state index contributed by atoms with van der Waals surface area (Å²) >= 11 is 0. The molecule has 3 aromatic carbocycles. The van der Waals surface area contributed by atoms with Crippen molar-refractivity contribution in [3.8, 4) is 0 Å². The average molecular weight is 540 g/mol. The molecule has 40 heavy (non-hydrogen) atoms. The molecule has 0 saturated heterocycles. The minimum Gasteiger partial charge on any atom is -0.463 e. The Labute approximate surface area is 239 Å². The van der Waals surface area contributed by atoms with Crippen molar-refractivity contribution in [2.45, 2.75) is 60.3 Å². The van der Waals surface area contributed by atoms with E-state index in [4.69, 9.17) is 9.47 Å². The fourth-order valence-electron chi connectivity index (χ4n) is 4.90. The summed E-state index contributed by atoms with van der Waals surface area (Å²) in [6, 6.07) is 17.2. The van der Waals surface area contributed by atoms with E-state index in [1.165, 1.54) is 56.8 Å². The molecular weight excluding hydrogens is 498 g/mol. The van der Waals surface area contributed by atoms with E-state index in [1.807, 2.05) is 0 Å². The van der Waals surface area contributed by atoms with E-state index in [2.05, 4.69) is 101 Å². The Bertz CT molecular complexity index is 1340. The quantitative estimate of drug-likeness (QED) is 0.125. The Balaban J connectivity index is 1.95. The van der Waals surface area contributed by atoms with Gasteiger partial charge in [-0.2, -0.15) is 0 Å². The Morgan fingerprint density at radius 2 is 1.18 bits per heavy atom. The number of esters is 2. The Hall–Kier alpha value is -4.12. The molecule has 0 bridgehead atoms. The Kier molecular flexibility index (Phi) is 10.9. The van der Waals surface area contributed by atoms with Crippen molar-refractivity contribution in [1.82, 2.24) is 0 Å². The molecule has 0 fully saturated rings. The van der Waals surface area contributed by atoms with Crippen molar-refractivity contribution in [3.05, 3.63) is 113 Å². The van der Waals surface area contributed by atoms with Crippen LogP contribution in [0.3, 0.4) is 0 Å². The van der Waals surface area contributed by atoms with E-state index >= 15 is 0 Å². The first kappa shape index (κ1) is 30.4. The average Bonchev–Trinajstić information content (AvgIpc) is 2.97. The molecule has 0 spiro atoms. The van der Waals surface area contributed by atoms with Gasteiger partial charge in [0.25, 0.3) is 0 Å². The normalized spacial score (nSPS) is 10.6. The van der Waals surface area contributed by atoms with Crippen molar-refractivity contribution < 1.29 is 19.1 Å². The summed E-state index contributed by atoms with van der Waals surface area (Å²) in [4.78, 5) is 25.0. The van der Waals surface area contributed by atoms with Crippen molar-refractivity contribution >= 4 is 29.0 Å². The summed E-state index contributed by atoms with van der Waals surface area (Å²) in [6.45, 7) is 18.6. The maximum Gasteiger partial charge on any atom is 0.330 e. The van der Waals surface area contributed by atoms with Crippen molar-refractivity contribution in [2.24, 2.45) is 0 Å². The number of carbonyl (C=O) groups is 2. The van der Waals surface area contributed by atoms with E-state index in [9.17, 15) is 9.59 Å². The third-order valence-electron chi connectivity index (χ3n) is 7.59. The zero-order valence-corrected chi connectivity index (χ0v) is 24.5. The second-order valence-corrected chi connectivity index (χ2v) is 10.1. The van der Waals surface area contributed by atoms with Crippen molar-refractivity contribution in [3.63, 3.8) is 0 Å². The minimum atomic E-state index is -0.391. The number of benzene rings is 3. The van der Waals surface area contributed by atoms with Crippen molar-refractivity contribution in [2.75, 3.05) is 18.1 Å². The predicted molar refractivity (Wildman–Crippen MR) is 164 cm³/mol. The van der Waals surface area contributed by atoms with Crippen LogP contribution in [0.2, 0.25) is 0 Å². The molecule has 0 aromatic heterocycles. The standard InChI is InChI=1S/C35H41NO4/c1-8-33(37)39-21-11-14-29-17-19-31(20-18-29)36(35-27(6)25(4)24(3)26(5)28(35)7)32-16-10-13-30(23-32)15-12-22-40-34(38)9-2/h8-10,13,16-20,23H,1-2,11-12,14-15,21-22H2,3-7H3. The van der Waals surface area contributed by atoms with Gasteiger partial charge in [0, 0.05) is 23.5 Å². The molecule has 0 aliphatic heterocycles. The summed E-state index contributed by atoms with van der Waals surface area (Å²) in [6.07, 6.45) is 5.48. The third kappa shape index (κ3) is 7.50. The first-order valence-corrected chi connectivity index (χ1v) is 13.8. The van der Waals surface area contributed by atoms with E-state index in [-0.39, 0.29) is 5.97 Å². The van der Waals surface area contributed by atoms with Gasteiger partial charge in [-0.3, -0.25) is 0 Å². The number of hydrogen-bond acceptors (Lipinski definition) is 5. The highest BCUT2D eigenvalue weighted by Crippen LogP contribution is 2.42. The largest absolute Gasteiger partial charge is 0.463 e. The van der Waals surface area contributed by atoms with Crippen LogP contribution in [0.1, 0.15) is 51.8 Å². The molecule has 0 aliphatic rings. The monoisotopic (exact) mass is 539 g/mol. The molecule has 0 aliphatic carbocycles. The van der Waals surface area contributed by atoms with Gasteiger partial charge in [0.1, 0.15) is 0 Å². The number of hydrogen-bond donors (Lipinski definition) is 0. The van der Waals surface area contributed by atoms with Crippen LogP contribution in [0.15, 0.2) is 73.8 Å². The van der Waals surface area contributed by atoms with E-state index in [0.717, 1.165) is 37.1 Å². The molecule has 5 nitrogen and oxygen atoms in total. The van der Waals surface area contributed by atoms with Gasteiger partial charge in [-0.15, -0.1) is 0 Å². The fraction of sp³-hybridized carbons (Fsp3) is 0.314. The zero-order chi connectivity index (χ0) is 29.2. The van der Waals surface area contributed by atoms with Gasteiger partial charge in [0.05, 0.1) is 18.9 Å². The van der Waals surface area contributed by atoms with Crippen LogP contribution in [-0.4, -0.2) is 25.2 Å². The topological polar surface area (TPSA) is 55.8 Å². The molecule has 0 unspecified atom stereocenters. The smallest absolute Gasteiger partial charge is 0.330 e. The second-order valence-electron chi connectivity index (χ2n) is 10.1. The van der Waals surface area contributed by atoms with Crippen LogP contribution in [0.5, 0.6) is 0 Å². The summed E-state index contributed by atoms with van der Waals surface area (Å²) in [5.74, 6) is -0.780. The van der Waals surface area contributed by atoms with Gasteiger partial charge < -0.3 is 14.4 Å². The van der Waals surface area contributed by atoms with Crippen LogP contribution < -0.4 is 4.90 Å². The van der Waals surface area contributed by atoms with Gasteiger partial charge in [-0.05, 0) is 124 Å². The highest BCUT2D eigenvalue weighted by molar-refractivity contribution is 5.83. The Morgan fingerprint density at radius 3 is 1.70 bits per heavy atom. The first-order chi connectivity index (χ1) is 19.2. The van der Waals surface area contributed by atoms with Crippen LogP contribution >= 0.6 is 0 Å². The molecule has 3 aromatic rings. The molecule has 3 rings (SSSR count). The number of aryl methyl sites for hydroxylation is 2. The third-order valence-corrected chi connectivity index (χ3v) is 7.59. The molecule has 0 amide bonds. The van der Waals surface area contributed by atoms with Crippen LogP contribution in [0, 0.1) is 34.6 Å². The lowest BCUT2D eigenvalue weighted by atomic mass is 9.91. The number of rotatable bonds is 13. The molecule has 0 N–H and O–H groups in total. The highest BCUT2D eigenvalue weighted by Gasteiger charge is 2.21. The van der Waals surface area contributed by atoms with Crippen molar-refractivity contribution in [1.29, 1.82) is 0 Å². The van der Waals surface area contributed by atoms with Gasteiger partial charge in [-0.25, -0.2) is 9.59 Å². The molecule has 0 radical (unpaired) electrons. The highest BCUT2D eigenvalue weighted by atomic mass is 16.5. The second kappa shape index (κ2) is 14.3. The first-order valence-electron chi connectivity index (χ1n) is 13.8. The van der Waals surface area contributed by atoms with Crippen LogP contribution in [-0.2, 0) is 31.9 Å². The fourth-order valence-corrected chi connectivity index (χ4v) is 4.90. The molecule has 0 atom stereocenters. The predicted octanol–water partition coefficient (Wildman–Crippen LogP) is 8.02. The van der Waals surface area contributed by atoms with Gasteiger partial charge >= 0.3 is 11.9 Å².